The van der Waals surface area contributed by atoms with Gasteiger partial charge in [0.25, 0.3) is 0 Å². The van der Waals surface area contributed by atoms with E-state index < -0.39 is 5.54 Å². The first kappa shape index (κ1) is 12.9. The Kier molecular flexibility index (Phi) is 3.02. The fourth-order valence-electron chi connectivity index (χ4n) is 2.09. The number of rotatable bonds is 4. The first-order chi connectivity index (χ1) is 9.03. The highest BCUT2D eigenvalue weighted by atomic mass is 35.5. The number of halogens is 1. The zero-order valence-electron chi connectivity index (χ0n) is 10.9. The molecule has 3 rings (SSSR count). The van der Waals surface area contributed by atoms with Crippen LogP contribution in [0.2, 0.25) is 5.02 Å². The van der Waals surface area contributed by atoms with Crippen LogP contribution < -0.4 is 0 Å². The van der Waals surface area contributed by atoms with E-state index in [1.54, 1.807) is 16.0 Å². The van der Waals surface area contributed by atoms with E-state index in [4.69, 9.17) is 11.6 Å². The summed E-state index contributed by atoms with van der Waals surface area (Å²) < 4.78 is 1.76. The second-order valence-corrected chi connectivity index (χ2v) is 6.71. The van der Waals surface area contributed by atoms with E-state index in [-0.39, 0.29) is 0 Å². The lowest BCUT2D eigenvalue weighted by atomic mass is 10.1. The van der Waals surface area contributed by atoms with Gasteiger partial charge in [0.15, 0.2) is 0 Å². The molecule has 1 saturated carbocycles. The lowest BCUT2D eigenvalue weighted by molar-refractivity contribution is -0.114. The van der Waals surface area contributed by atoms with E-state index >= 15 is 0 Å². The second kappa shape index (κ2) is 4.46. The molecule has 0 saturated heterocycles. The van der Waals surface area contributed by atoms with E-state index in [9.17, 15) is 4.79 Å². The van der Waals surface area contributed by atoms with Gasteiger partial charge < -0.3 is 4.79 Å². The molecule has 2 aromatic rings. The SMILES string of the molecule is CC(C)(C=O)n1cc(C2CC2)c(-c2cscc2Cl)n1. The number of carbonyl (C=O) groups excluding carboxylic acids is 1. The van der Waals surface area contributed by atoms with Gasteiger partial charge in [-0.3, -0.25) is 4.68 Å². The Labute approximate surface area is 121 Å². The van der Waals surface area contributed by atoms with Crippen molar-refractivity contribution in [3.05, 3.63) is 27.5 Å². The van der Waals surface area contributed by atoms with Crippen LogP contribution in [-0.4, -0.2) is 16.1 Å². The summed E-state index contributed by atoms with van der Waals surface area (Å²) in [7, 11) is 0. The lowest BCUT2D eigenvalue weighted by Crippen LogP contribution is -2.28. The predicted molar refractivity (Wildman–Crippen MR) is 77.9 cm³/mol. The summed E-state index contributed by atoms with van der Waals surface area (Å²) in [6, 6.07) is 0. The third-order valence-corrected chi connectivity index (χ3v) is 4.69. The topological polar surface area (TPSA) is 34.9 Å². The van der Waals surface area contributed by atoms with Crippen molar-refractivity contribution in [1.82, 2.24) is 9.78 Å². The van der Waals surface area contributed by atoms with Gasteiger partial charge in [0.1, 0.15) is 11.8 Å². The van der Waals surface area contributed by atoms with Crippen molar-refractivity contribution in [2.75, 3.05) is 0 Å². The molecule has 0 spiro atoms. The van der Waals surface area contributed by atoms with Crippen molar-refractivity contribution in [1.29, 1.82) is 0 Å². The van der Waals surface area contributed by atoms with Gasteiger partial charge in [0.05, 0.1) is 10.7 Å². The highest BCUT2D eigenvalue weighted by Gasteiger charge is 2.32. The number of hydrogen-bond donors (Lipinski definition) is 0. The predicted octanol–water partition coefficient (Wildman–Crippen LogP) is 4.08. The number of hydrogen-bond acceptors (Lipinski definition) is 3. The van der Waals surface area contributed by atoms with E-state index in [1.165, 1.54) is 18.4 Å². The van der Waals surface area contributed by atoms with Crippen LogP contribution in [0.1, 0.15) is 38.2 Å². The zero-order chi connectivity index (χ0) is 13.6. The van der Waals surface area contributed by atoms with E-state index in [0.29, 0.717) is 5.92 Å². The van der Waals surface area contributed by atoms with Gasteiger partial charge in [0.2, 0.25) is 0 Å². The van der Waals surface area contributed by atoms with Crippen molar-refractivity contribution in [2.45, 2.75) is 38.1 Å². The van der Waals surface area contributed by atoms with Crippen LogP contribution in [0.25, 0.3) is 11.3 Å². The molecule has 19 heavy (non-hydrogen) atoms. The molecule has 5 heteroatoms. The maximum atomic E-state index is 11.2. The standard InChI is InChI=1S/C14H15ClN2OS/c1-14(2,8-18)17-5-10(9-3-4-9)13(16-17)11-6-19-7-12(11)15/h5-9H,3-4H2,1-2H3. The molecular weight excluding hydrogens is 280 g/mol. The van der Waals surface area contributed by atoms with Crippen LogP contribution in [0.15, 0.2) is 17.0 Å². The summed E-state index contributed by atoms with van der Waals surface area (Å²) in [6.45, 7) is 3.73. The molecule has 1 aliphatic carbocycles. The van der Waals surface area contributed by atoms with Crippen LogP contribution in [0.5, 0.6) is 0 Å². The minimum absolute atomic E-state index is 0.571. The molecule has 0 radical (unpaired) electrons. The van der Waals surface area contributed by atoms with Crippen molar-refractivity contribution in [3.8, 4) is 11.3 Å². The van der Waals surface area contributed by atoms with Gasteiger partial charge >= 0.3 is 0 Å². The average Bonchev–Trinajstić information content (AvgIpc) is 2.98. The zero-order valence-corrected chi connectivity index (χ0v) is 12.5. The molecule has 1 aliphatic rings. The van der Waals surface area contributed by atoms with Crippen molar-refractivity contribution < 1.29 is 4.79 Å². The molecule has 1 fully saturated rings. The molecule has 2 heterocycles. The molecule has 2 aromatic heterocycles. The second-order valence-electron chi connectivity index (χ2n) is 5.56. The Morgan fingerprint density at radius 1 is 1.47 bits per heavy atom. The van der Waals surface area contributed by atoms with Crippen LogP contribution in [-0.2, 0) is 10.3 Å². The van der Waals surface area contributed by atoms with Crippen LogP contribution >= 0.6 is 22.9 Å². The molecule has 100 valence electrons. The molecule has 0 aromatic carbocycles. The number of aldehydes is 1. The van der Waals surface area contributed by atoms with Crippen molar-refractivity contribution in [2.24, 2.45) is 0 Å². The number of aromatic nitrogens is 2. The minimum atomic E-state index is -0.621. The van der Waals surface area contributed by atoms with Crippen LogP contribution in [0, 0.1) is 0 Å². The maximum Gasteiger partial charge on any atom is 0.147 e. The van der Waals surface area contributed by atoms with E-state index in [1.807, 2.05) is 30.8 Å². The quantitative estimate of drug-likeness (QED) is 0.797. The Morgan fingerprint density at radius 3 is 2.74 bits per heavy atom. The number of thiophene rings is 1. The summed E-state index contributed by atoms with van der Waals surface area (Å²) in [5.41, 5.74) is 2.51. The summed E-state index contributed by atoms with van der Waals surface area (Å²) in [6.07, 6.45) is 5.33. The maximum absolute atomic E-state index is 11.2. The normalized spacial score (nSPS) is 15.7. The van der Waals surface area contributed by atoms with Crippen molar-refractivity contribution in [3.63, 3.8) is 0 Å². The smallest absolute Gasteiger partial charge is 0.147 e. The molecule has 3 nitrogen and oxygen atoms in total. The van der Waals surface area contributed by atoms with Gasteiger partial charge in [-0.15, -0.1) is 0 Å². The summed E-state index contributed by atoms with van der Waals surface area (Å²) in [5.74, 6) is 0.571. The highest BCUT2D eigenvalue weighted by Crippen LogP contribution is 2.46. The first-order valence-corrected chi connectivity index (χ1v) is 7.63. The summed E-state index contributed by atoms with van der Waals surface area (Å²) in [4.78, 5) is 11.2. The van der Waals surface area contributed by atoms with E-state index in [2.05, 4.69) is 5.10 Å². The summed E-state index contributed by atoms with van der Waals surface area (Å²) >= 11 is 7.79. The third-order valence-electron chi connectivity index (χ3n) is 3.51. The summed E-state index contributed by atoms with van der Waals surface area (Å²) in [5, 5.41) is 9.30. The third kappa shape index (κ3) is 2.23. The molecule has 0 aliphatic heterocycles. The monoisotopic (exact) mass is 294 g/mol. The first-order valence-electron chi connectivity index (χ1n) is 6.31. The van der Waals surface area contributed by atoms with Gasteiger partial charge in [-0.25, -0.2) is 0 Å². The van der Waals surface area contributed by atoms with E-state index in [0.717, 1.165) is 22.6 Å². The highest BCUT2D eigenvalue weighted by molar-refractivity contribution is 7.09. The fourth-order valence-corrected chi connectivity index (χ4v) is 3.14. The molecule has 0 bridgehead atoms. The molecule has 0 unspecified atom stereocenters. The lowest BCUT2D eigenvalue weighted by Gasteiger charge is -2.17. The Morgan fingerprint density at radius 2 is 2.21 bits per heavy atom. The van der Waals surface area contributed by atoms with Gasteiger partial charge in [-0.05, 0) is 32.6 Å². The molecule has 0 N–H and O–H groups in total. The van der Waals surface area contributed by atoms with Crippen LogP contribution in [0.4, 0.5) is 0 Å². The Hall–Kier alpha value is -1.13. The number of nitrogens with zero attached hydrogens (tertiary/aromatic N) is 2. The fraction of sp³-hybridized carbons (Fsp3) is 0.429. The molecule has 0 amide bonds. The Bertz CT molecular complexity index is 625. The largest absolute Gasteiger partial charge is 0.301 e. The molecule has 0 atom stereocenters. The van der Waals surface area contributed by atoms with Gasteiger partial charge in [-0.2, -0.15) is 16.4 Å². The van der Waals surface area contributed by atoms with Gasteiger partial charge in [-0.1, -0.05) is 11.6 Å². The van der Waals surface area contributed by atoms with Crippen LogP contribution in [0.3, 0.4) is 0 Å². The minimum Gasteiger partial charge on any atom is -0.301 e. The average molecular weight is 295 g/mol. The van der Waals surface area contributed by atoms with Crippen molar-refractivity contribution >= 4 is 29.2 Å². The number of carbonyl (C=O) groups is 1. The molecular formula is C14H15ClN2OS. The van der Waals surface area contributed by atoms with Gasteiger partial charge in [0, 0.05) is 28.1 Å². The Balaban J connectivity index is 2.13.